The van der Waals surface area contributed by atoms with Crippen LogP contribution in [0.15, 0.2) is 12.1 Å². The van der Waals surface area contributed by atoms with E-state index in [9.17, 15) is 4.79 Å². The molecule has 94 valence electrons. The SMILES string of the molecule is CNc1c(C)cc(Cl)cc1C(=O)NC(C)(C)C. The van der Waals surface area contributed by atoms with E-state index in [0.717, 1.165) is 11.3 Å². The van der Waals surface area contributed by atoms with Crippen molar-refractivity contribution < 1.29 is 4.79 Å². The molecule has 0 aromatic heterocycles. The highest BCUT2D eigenvalue weighted by Gasteiger charge is 2.19. The minimum atomic E-state index is -0.266. The summed E-state index contributed by atoms with van der Waals surface area (Å²) in [5.74, 6) is -0.118. The van der Waals surface area contributed by atoms with Crippen LogP contribution in [0.1, 0.15) is 36.7 Å². The number of nitrogens with one attached hydrogen (secondary N) is 2. The first-order chi connectivity index (χ1) is 7.74. The lowest BCUT2D eigenvalue weighted by atomic mass is 10.0. The van der Waals surface area contributed by atoms with E-state index in [1.807, 2.05) is 33.8 Å². The molecule has 4 heteroatoms. The van der Waals surface area contributed by atoms with E-state index in [4.69, 9.17) is 11.6 Å². The Kier molecular flexibility index (Phi) is 4.04. The number of halogens is 1. The van der Waals surface area contributed by atoms with Gasteiger partial charge in [0.15, 0.2) is 0 Å². The summed E-state index contributed by atoms with van der Waals surface area (Å²) < 4.78 is 0. The quantitative estimate of drug-likeness (QED) is 0.851. The van der Waals surface area contributed by atoms with Crippen molar-refractivity contribution >= 4 is 23.2 Å². The molecule has 1 aromatic rings. The molecule has 0 aliphatic rings. The van der Waals surface area contributed by atoms with Crippen molar-refractivity contribution in [1.29, 1.82) is 0 Å². The molecule has 0 aliphatic carbocycles. The highest BCUT2D eigenvalue weighted by atomic mass is 35.5. The Labute approximate surface area is 108 Å². The van der Waals surface area contributed by atoms with E-state index in [1.165, 1.54) is 0 Å². The monoisotopic (exact) mass is 254 g/mol. The standard InChI is InChI=1S/C13H19ClN2O/c1-8-6-9(14)7-10(11(8)15-5)12(17)16-13(2,3)4/h6-7,15H,1-5H3,(H,16,17). The molecule has 1 aromatic carbocycles. The molecule has 0 saturated carbocycles. The number of rotatable bonds is 2. The Balaban J connectivity index is 3.16. The van der Waals surface area contributed by atoms with Crippen LogP contribution in [0.2, 0.25) is 5.02 Å². The summed E-state index contributed by atoms with van der Waals surface area (Å²) in [6, 6.07) is 3.52. The molecule has 1 rings (SSSR count). The first kappa shape index (κ1) is 13.8. The molecule has 0 radical (unpaired) electrons. The summed E-state index contributed by atoms with van der Waals surface area (Å²) >= 11 is 5.99. The van der Waals surface area contributed by atoms with Gasteiger partial charge in [-0.25, -0.2) is 0 Å². The number of carbonyl (C=O) groups is 1. The van der Waals surface area contributed by atoms with Gasteiger partial charge in [-0.1, -0.05) is 11.6 Å². The van der Waals surface area contributed by atoms with Gasteiger partial charge in [0, 0.05) is 23.3 Å². The van der Waals surface area contributed by atoms with E-state index >= 15 is 0 Å². The molecule has 17 heavy (non-hydrogen) atoms. The van der Waals surface area contributed by atoms with E-state index in [2.05, 4.69) is 10.6 Å². The lowest BCUT2D eigenvalue weighted by Crippen LogP contribution is -2.40. The van der Waals surface area contributed by atoms with Gasteiger partial charge in [-0.3, -0.25) is 4.79 Å². The zero-order valence-electron chi connectivity index (χ0n) is 10.9. The van der Waals surface area contributed by atoms with Gasteiger partial charge in [0.05, 0.1) is 5.56 Å². The second-order valence-electron chi connectivity index (χ2n) is 5.10. The van der Waals surface area contributed by atoms with Gasteiger partial charge < -0.3 is 10.6 Å². The van der Waals surface area contributed by atoms with Gasteiger partial charge in [0.1, 0.15) is 0 Å². The minimum absolute atomic E-state index is 0.118. The summed E-state index contributed by atoms with van der Waals surface area (Å²) in [5, 5.41) is 6.54. The average molecular weight is 255 g/mol. The van der Waals surface area contributed by atoms with Crippen molar-refractivity contribution in [2.75, 3.05) is 12.4 Å². The smallest absolute Gasteiger partial charge is 0.253 e. The molecule has 0 unspecified atom stereocenters. The molecule has 0 atom stereocenters. The van der Waals surface area contributed by atoms with Crippen LogP contribution in [0.25, 0.3) is 0 Å². The summed E-state index contributed by atoms with van der Waals surface area (Å²) in [6.45, 7) is 7.76. The second-order valence-corrected chi connectivity index (χ2v) is 5.54. The normalized spacial score (nSPS) is 11.2. The third-order valence-corrected chi connectivity index (χ3v) is 2.50. The van der Waals surface area contributed by atoms with Crippen LogP contribution in [0.3, 0.4) is 0 Å². The zero-order chi connectivity index (χ0) is 13.2. The van der Waals surface area contributed by atoms with Crippen molar-refractivity contribution in [3.8, 4) is 0 Å². The van der Waals surface area contributed by atoms with E-state index in [1.54, 1.807) is 13.1 Å². The van der Waals surface area contributed by atoms with Crippen molar-refractivity contribution in [2.45, 2.75) is 33.2 Å². The van der Waals surface area contributed by atoms with Crippen LogP contribution in [-0.2, 0) is 0 Å². The topological polar surface area (TPSA) is 41.1 Å². The number of anilines is 1. The molecule has 0 bridgehead atoms. The van der Waals surface area contributed by atoms with Crippen LogP contribution < -0.4 is 10.6 Å². The number of benzene rings is 1. The Morgan fingerprint density at radius 1 is 1.29 bits per heavy atom. The zero-order valence-corrected chi connectivity index (χ0v) is 11.7. The van der Waals surface area contributed by atoms with Gasteiger partial charge in [0.2, 0.25) is 0 Å². The largest absolute Gasteiger partial charge is 0.387 e. The Morgan fingerprint density at radius 3 is 2.35 bits per heavy atom. The molecule has 3 nitrogen and oxygen atoms in total. The fraction of sp³-hybridized carbons (Fsp3) is 0.462. The number of amides is 1. The summed E-state index contributed by atoms with van der Waals surface area (Å²) in [5.41, 5.74) is 2.08. The van der Waals surface area contributed by atoms with Crippen LogP contribution >= 0.6 is 11.6 Å². The Hall–Kier alpha value is -1.22. The number of hydrogen-bond donors (Lipinski definition) is 2. The maximum Gasteiger partial charge on any atom is 0.253 e. The fourth-order valence-electron chi connectivity index (χ4n) is 1.66. The second kappa shape index (κ2) is 4.96. The van der Waals surface area contributed by atoms with Crippen LogP contribution in [0, 0.1) is 6.92 Å². The van der Waals surface area contributed by atoms with E-state index < -0.39 is 0 Å². The van der Waals surface area contributed by atoms with Gasteiger partial charge >= 0.3 is 0 Å². The Morgan fingerprint density at radius 2 is 1.88 bits per heavy atom. The molecular formula is C13H19ClN2O. The van der Waals surface area contributed by atoms with Crippen molar-refractivity contribution in [2.24, 2.45) is 0 Å². The fourth-order valence-corrected chi connectivity index (χ4v) is 1.93. The van der Waals surface area contributed by atoms with Crippen LogP contribution in [0.5, 0.6) is 0 Å². The molecule has 0 fully saturated rings. The molecule has 0 heterocycles. The van der Waals surface area contributed by atoms with E-state index in [-0.39, 0.29) is 11.4 Å². The van der Waals surface area contributed by atoms with Crippen molar-refractivity contribution in [1.82, 2.24) is 5.32 Å². The molecule has 0 saturated heterocycles. The van der Waals surface area contributed by atoms with Gasteiger partial charge in [-0.2, -0.15) is 0 Å². The first-order valence-electron chi connectivity index (χ1n) is 5.55. The Bertz CT molecular complexity index is 436. The van der Waals surface area contributed by atoms with Crippen LogP contribution in [0.4, 0.5) is 5.69 Å². The van der Waals surface area contributed by atoms with Crippen molar-refractivity contribution in [3.63, 3.8) is 0 Å². The summed E-state index contributed by atoms with van der Waals surface area (Å²) in [4.78, 5) is 12.1. The number of hydrogen-bond acceptors (Lipinski definition) is 2. The number of carbonyl (C=O) groups excluding carboxylic acids is 1. The molecular weight excluding hydrogens is 236 g/mol. The van der Waals surface area contributed by atoms with Gasteiger partial charge in [0.25, 0.3) is 5.91 Å². The first-order valence-corrected chi connectivity index (χ1v) is 5.93. The third kappa shape index (κ3) is 3.63. The minimum Gasteiger partial charge on any atom is -0.387 e. The third-order valence-electron chi connectivity index (χ3n) is 2.28. The highest BCUT2D eigenvalue weighted by Crippen LogP contribution is 2.25. The molecule has 0 aliphatic heterocycles. The maximum absolute atomic E-state index is 12.1. The molecule has 1 amide bonds. The number of aryl methyl sites for hydroxylation is 1. The summed E-state index contributed by atoms with van der Waals surface area (Å²) in [7, 11) is 1.80. The van der Waals surface area contributed by atoms with Crippen LogP contribution in [-0.4, -0.2) is 18.5 Å². The van der Waals surface area contributed by atoms with E-state index in [0.29, 0.717) is 10.6 Å². The summed E-state index contributed by atoms with van der Waals surface area (Å²) in [6.07, 6.45) is 0. The average Bonchev–Trinajstić information content (AvgIpc) is 2.13. The van der Waals surface area contributed by atoms with Gasteiger partial charge in [-0.15, -0.1) is 0 Å². The predicted octanol–water partition coefficient (Wildman–Crippen LogP) is 3.22. The predicted molar refractivity (Wildman–Crippen MR) is 73.0 cm³/mol. The van der Waals surface area contributed by atoms with Gasteiger partial charge in [-0.05, 0) is 45.4 Å². The molecule has 2 N–H and O–H groups in total. The lowest BCUT2D eigenvalue weighted by molar-refractivity contribution is 0.0920. The lowest BCUT2D eigenvalue weighted by Gasteiger charge is -2.22. The van der Waals surface area contributed by atoms with Crippen molar-refractivity contribution in [3.05, 3.63) is 28.3 Å². The maximum atomic E-state index is 12.1. The molecule has 0 spiro atoms. The highest BCUT2D eigenvalue weighted by molar-refractivity contribution is 6.31.